The molecule has 0 unspecified atom stereocenters. The van der Waals surface area contributed by atoms with E-state index in [1.54, 1.807) is 13.1 Å². The summed E-state index contributed by atoms with van der Waals surface area (Å²) in [4.78, 5) is 4.26. The molecule has 84 valence electrons. The third kappa shape index (κ3) is 2.59. The minimum atomic E-state index is -0.00259. The van der Waals surface area contributed by atoms with E-state index in [4.69, 9.17) is 10.2 Å². The van der Waals surface area contributed by atoms with Gasteiger partial charge in [-0.25, -0.2) is 4.98 Å². The predicted molar refractivity (Wildman–Crippen MR) is 60.0 cm³/mol. The molecule has 0 bridgehead atoms. The van der Waals surface area contributed by atoms with E-state index in [1.807, 2.05) is 19.1 Å². The molecule has 2 aromatic rings. The Labute approximate surface area is 97.5 Å². The van der Waals surface area contributed by atoms with Crippen LogP contribution in [0, 0.1) is 6.92 Å². The van der Waals surface area contributed by atoms with Crippen molar-refractivity contribution in [1.29, 1.82) is 0 Å². The Morgan fingerprint density at radius 2 is 2.19 bits per heavy atom. The molecule has 2 N–H and O–H groups in total. The topological polar surface area (TPSA) is 77.8 Å². The molecule has 2 heterocycles. The first kappa shape index (κ1) is 11.1. The number of hydrogen-bond acceptors (Lipinski definition) is 6. The molecule has 2 rings (SSSR count). The quantitative estimate of drug-likeness (QED) is 0.877. The Balaban J connectivity index is 2.11. The third-order valence-electron chi connectivity index (χ3n) is 1.98. The molecule has 16 heavy (non-hydrogen) atoms. The van der Waals surface area contributed by atoms with Crippen molar-refractivity contribution >= 4 is 11.8 Å². The van der Waals surface area contributed by atoms with Gasteiger partial charge in [0.25, 0.3) is 5.22 Å². The molecule has 2 aromatic heterocycles. The average molecular weight is 236 g/mol. The zero-order valence-electron chi connectivity index (χ0n) is 9.04. The number of hydrogen-bond donors (Lipinski definition) is 1. The van der Waals surface area contributed by atoms with Crippen LogP contribution in [0.4, 0.5) is 0 Å². The Kier molecular flexibility index (Phi) is 3.21. The normalized spacial score (nSPS) is 12.7. The van der Waals surface area contributed by atoms with Crippen LogP contribution in [0.15, 0.2) is 33.0 Å². The van der Waals surface area contributed by atoms with Crippen molar-refractivity contribution in [1.82, 2.24) is 15.2 Å². The summed E-state index contributed by atoms with van der Waals surface area (Å²) < 4.78 is 5.24. The summed E-state index contributed by atoms with van der Waals surface area (Å²) in [7, 11) is 0. The van der Waals surface area contributed by atoms with Gasteiger partial charge in [0, 0.05) is 19.2 Å². The van der Waals surface area contributed by atoms with E-state index < -0.39 is 0 Å². The van der Waals surface area contributed by atoms with Crippen molar-refractivity contribution in [3.63, 3.8) is 0 Å². The van der Waals surface area contributed by atoms with E-state index in [1.165, 1.54) is 11.8 Å². The molecular formula is C10H12N4OS. The van der Waals surface area contributed by atoms with Gasteiger partial charge in [-0.1, -0.05) is 6.07 Å². The monoisotopic (exact) mass is 236 g/mol. The first-order valence-electron chi connectivity index (χ1n) is 4.84. The molecule has 0 saturated heterocycles. The first-order chi connectivity index (χ1) is 7.65. The molecule has 0 spiro atoms. The Hall–Kier alpha value is -1.40. The minimum absolute atomic E-state index is 0.00259. The van der Waals surface area contributed by atoms with Crippen LogP contribution in [0.2, 0.25) is 0 Å². The molecular weight excluding hydrogens is 224 g/mol. The van der Waals surface area contributed by atoms with E-state index >= 15 is 0 Å². The molecule has 5 nitrogen and oxygen atoms in total. The number of aromatic nitrogens is 3. The maximum Gasteiger partial charge on any atom is 0.282 e. The lowest BCUT2D eigenvalue weighted by atomic mass is 10.2. The van der Waals surface area contributed by atoms with Crippen LogP contribution in [0.25, 0.3) is 0 Å². The molecule has 0 aliphatic carbocycles. The van der Waals surface area contributed by atoms with Gasteiger partial charge in [-0.15, -0.1) is 10.2 Å². The second-order valence-corrected chi connectivity index (χ2v) is 4.38. The fraction of sp³-hybridized carbons (Fsp3) is 0.300. The predicted octanol–water partition coefficient (Wildman–Crippen LogP) is 1.94. The van der Waals surface area contributed by atoms with Crippen molar-refractivity contribution in [2.75, 3.05) is 0 Å². The molecule has 0 aliphatic rings. The highest BCUT2D eigenvalue weighted by Gasteiger charge is 2.06. The second kappa shape index (κ2) is 4.63. The molecule has 1 atom stereocenters. The summed E-state index contributed by atoms with van der Waals surface area (Å²) in [5, 5.41) is 8.94. The number of rotatable bonds is 3. The van der Waals surface area contributed by atoms with Crippen molar-refractivity contribution in [3.05, 3.63) is 29.8 Å². The molecule has 0 saturated carbocycles. The van der Waals surface area contributed by atoms with E-state index in [0.29, 0.717) is 11.1 Å². The van der Waals surface area contributed by atoms with Crippen LogP contribution in [0.5, 0.6) is 0 Å². The molecule has 6 heteroatoms. The Morgan fingerprint density at radius 1 is 1.38 bits per heavy atom. The molecule has 0 fully saturated rings. The number of nitrogens with zero attached hydrogens (tertiary/aromatic N) is 3. The number of pyridine rings is 1. The van der Waals surface area contributed by atoms with Gasteiger partial charge < -0.3 is 10.2 Å². The SMILES string of the molecule is Cc1nnc(Sc2ccc([C@@H](C)N)cn2)o1. The number of aryl methyl sites for hydroxylation is 1. The highest BCUT2D eigenvalue weighted by molar-refractivity contribution is 7.99. The van der Waals surface area contributed by atoms with E-state index in [-0.39, 0.29) is 6.04 Å². The van der Waals surface area contributed by atoms with E-state index in [0.717, 1.165) is 10.6 Å². The van der Waals surface area contributed by atoms with Gasteiger partial charge in [-0.2, -0.15) is 0 Å². The van der Waals surface area contributed by atoms with Crippen molar-refractivity contribution in [3.8, 4) is 0 Å². The summed E-state index contributed by atoms with van der Waals surface area (Å²) in [6, 6.07) is 3.84. The van der Waals surface area contributed by atoms with Gasteiger partial charge in [0.1, 0.15) is 5.03 Å². The van der Waals surface area contributed by atoms with Gasteiger partial charge in [-0.3, -0.25) is 0 Å². The zero-order valence-corrected chi connectivity index (χ0v) is 9.86. The first-order valence-corrected chi connectivity index (χ1v) is 5.66. The van der Waals surface area contributed by atoms with Gasteiger partial charge in [0.05, 0.1) is 0 Å². The average Bonchev–Trinajstić information content (AvgIpc) is 2.65. The zero-order chi connectivity index (χ0) is 11.5. The highest BCUT2D eigenvalue weighted by atomic mass is 32.2. The standard InChI is InChI=1S/C10H12N4OS/c1-6(11)8-3-4-9(12-5-8)16-10-14-13-7(2)15-10/h3-6H,11H2,1-2H3/t6-/m1/s1. The van der Waals surface area contributed by atoms with Crippen molar-refractivity contribution in [2.24, 2.45) is 5.73 Å². The summed E-state index contributed by atoms with van der Waals surface area (Å²) in [5.74, 6) is 0.551. The van der Waals surface area contributed by atoms with Crippen LogP contribution in [-0.4, -0.2) is 15.2 Å². The second-order valence-electron chi connectivity index (χ2n) is 3.41. The van der Waals surface area contributed by atoms with Crippen LogP contribution >= 0.6 is 11.8 Å². The molecule has 0 aliphatic heterocycles. The summed E-state index contributed by atoms with van der Waals surface area (Å²) >= 11 is 1.34. The fourth-order valence-electron chi connectivity index (χ4n) is 1.13. The maximum absolute atomic E-state index is 5.73. The molecule has 0 radical (unpaired) electrons. The lowest BCUT2D eigenvalue weighted by Crippen LogP contribution is -2.04. The minimum Gasteiger partial charge on any atom is -0.416 e. The third-order valence-corrected chi connectivity index (χ3v) is 2.77. The van der Waals surface area contributed by atoms with Crippen molar-refractivity contribution < 1.29 is 4.42 Å². The smallest absolute Gasteiger partial charge is 0.282 e. The van der Waals surface area contributed by atoms with Crippen LogP contribution in [-0.2, 0) is 0 Å². The van der Waals surface area contributed by atoms with Gasteiger partial charge >= 0.3 is 0 Å². The Bertz CT molecular complexity index is 466. The fourth-order valence-corrected chi connectivity index (χ4v) is 1.79. The summed E-state index contributed by atoms with van der Waals surface area (Å²) in [5.41, 5.74) is 6.74. The van der Waals surface area contributed by atoms with Gasteiger partial charge in [0.15, 0.2) is 0 Å². The summed E-state index contributed by atoms with van der Waals surface area (Å²) in [6.45, 7) is 3.68. The molecule has 0 amide bonds. The number of nitrogens with two attached hydrogens (primary N) is 1. The van der Waals surface area contributed by atoms with E-state index in [9.17, 15) is 0 Å². The van der Waals surface area contributed by atoms with E-state index in [2.05, 4.69) is 15.2 Å². The maximum atomic E-state index is 5.73. The van der Waals surface area contributed by atoms with Crippen LogP contribution < -0.4 is 5.73 Å². The van der Waals surface area contributed by atoms with Crippen LogP contribution in [0.1, 0.15) is 24.4 Å². The highest BCUT2D eigenvalue weighted by Crippen LogP contribution is 2.24. The van der Waals surface area contributed by atoms with Crippen molar-refractivity contribution in [2.45, 2.75) is 30.1 Å². The van der Waals surface area contributed by atoms with Gasteiger partial charge in [-0.05, 0) is 30.3 Å². The lowest BCUT2D eigenvalue weighted by Gasteiger charge is -2.04. The lowest BCUT2D eigenvalue weighted by molar-refractivity contribution is 0.429. The Morgan fingerprint density at radius 3 is 2.69 bits per heavy atom. The molecule has 0 aromatic carbocycles. The van der Waals surface area contributed by atoms with Gasteiger partial charge in [0.2, 0.25) is 5.89 Å². The largest absolute Gasteiger partial charge is 0.416 e. The summed E-state index contributed by atoms with van der Waals surface area (Å²) in [6.07, 6.45) is 1.76. The van der Waals surface area contributed by atoms with Crippen LogP contribution in [0.3, 0.4) is 0 Å².